The summed E-state index contributed by atoms with van der Waals surface area (Å²) in [7, 11) is 1.74. The molecule has 2 aromatic rings. The van der Waals surface area contributed by atoms with Crippen molar-refractivity contribution in [3.63, 3.8) is 0 Å². The lowest BCUT2D eigenvalue weighted by atomic mass is 10.1. The van der Waals surface area contributed by atoms with Crippen molar-refractivity contribution in [3.8, 4) is 0 Å². The molecule has 2 heterocycles. The fourth-order valence-electron chi connectivity index (χ4n) is 1.65. The van der Waals surface area contributed by atoms with Gasteiger partial charge in [-0.1, -0.05) is 0 Å². The smallest absolute Gasteiger partial charge is 0.246 e. The molecule has 2 amide bonds. The van der Waals surface area contributed by atoms with Gasteiger partial charge in [0.25, 0.3) is 0 Å². The van der Waals surface area contributed by atoms with Crippen LogP contribution in [-0.4, -0.2) is 31.4 Å². The van der Waals surface area contributed by atoms with E-state index in [2.05, 4.69) is 15.5 Å². The molecular weight excluding hydrogens is 262 g/mol. The lowest BCUT2D eigenvalue weighted by Gasteiger charge is -2.08. The molecule has 0 spiro atoms. The van der Waals surface area contributed by atoms with Crippen LogP contribution in [-0.2, 0) is 23.2 Å². The number of aromatic nitrogens is 4. The molecule has 20 heavy (non-hydrogen) atoms. The van der Waals surface area contributed by atoms with Crippen LogP contribution in [0.5, 0.6) is 0 Å². The van der Waals surface area contributed by atoms with E-state index in [0.29, 0.717) is 11.3 Å². The van der Waals surface area contributed by atoms with E-state index in [-0.39, 0.29) is 6.54 Å². The summed E-state index contributed by atoms with van der Waals surface area (Å²) in [5, 5.41) is 10.4. The molecule has 1 atom stereocenters. The number of nitrogens with zero attached hydrogens (tertiary/aromatic N) is 4. The van der Waals surface area contributed by atoms with E-state index in [4.69, 9.17) is 11.5 Å². The van der Waals surface area contributed by atoms with Crippen LogP contribution in [0.15, 0.2) is 24.8 Å². The molecular formula is C11H15N7O2. The van der Waals surface area contributed by atoms with E-state index in [1.54, 1.807) is 17.9 Å². The number of hydrogen-bond donors (Lipinski definition) is 3. The van der Waals surface area contributed by atoms with Crippen molar-refractivity contribution >= 4 is 17.5 Å². The predicted molar refractivity (Wildman–Crippen MR) is 70.2 cm³/mol. The van der Waals surface area contributed by atoms with Crippen molar-refractivity contribution in [3.05, 3.63) is 30.4 Å². The highest BCUT2D eigenvalue weighted by Crippen LogP contribution is 2.12. The van der Waals surface area contributed by atoms with Crippen LogP contribution in [0.4, 0.5) is 5.69 Å². The average Bonchev–Trinajstić information content (AvgIpc) is 2.97. The first-order valence-electron chi connectivity index (χ1n) is 5.81. The number of primary amides is 1. The Balaban J connectivity index is 2.00. The highest BCUT2D eigenvalue weighted by molar-refractivity contribution is 5.95. The van der Waals surface area contributed by atoms with Gasteiger partial charge in [-0.2, -0.15) is 10.2 Å². The number of nitrogens with one attached hydrogen (secondary N) is 1. The van der Waals surface area contributed by atoms with Crippen molar-refractivity contribution in [2.75, 3.05) is 5.32 Å². The van der Waals surface area contributed by atoms with Crippen molar-refractivity contribution < 1.29 is 9.59 Å². The first-order valence-corrected chi connectivity index (χ1v) is 5.81. The predicted octanol–water partition coefficient (Wildman–Crippen LogP) is -1.26. The second kappa shape index (κ2) is 5.53. The summed E-state index contributed by atoms with van der Waals surface area (Å²) >= 11 is 0. The van der Waals surface area contributed by atoms with Crippen molar-refractivity contribution in [1.82, 2.24) is 19.6 Å². The standard InChI is InChI=1S/C11H15N7O2/c1-17-4-7(2-14-17)10(13)11(20)16-8-3-15-18(5-8)6-9(12)19/h2-5,10H,6,13H2,1H3,(H2,12,19)(H,16,20). The zero-order chi connectivity index (χ0) is 14.7. The molecule has 2 aromatic heterocycles. The Bertz CT molecular complexity index is 630. The maximum absolute atomic E-state index is 12.0. The molecule has 5 N–H and O–H groups in total. The first-order chi connectivity index (χ1) is 9.45. The van der Waals surface area contributed by atoms with Crippen LogP contribution in [0.1, 0.15) is 11.6 Å². The summed E-state index contributed by atoms with van der Waals surface area (Å²) in [4.78, 5) is 22.7. The van der Waals surface area contributed by atoms with Gasteiger partial charge >= 0.3 is 0 Å². The van der Waals surface area contributed by atoms with Crippen LogP contribution in [0.2, 0.25) is 0 Å². The van der Waals surface area contributed by atoms with Crippen molar-refractivity contribution in [2.24, 2.45) is 18.5 Å². The molecule has 0 bridgehead atoms. The zero-order valence-electron chi connectivity index (χ0n) is 10.9. The summed E-state index contributed by atoms with van der Waals surface area (Å²) in [5.41, 5.74) is 11.9. The Labute approximate surface area is 114 Å². The molecule has 0 saturated heterocycles. The molecule has 9 nitrogen and oxygen atoms in total. The van der Waals surface area contributed by atoms with Crippen LogP contribution in [0.3, 0.4) is 0 Å². The topological polar surface area (TPSA) is 134 Å². The third kappa shape index (κ3) is 3.20. The van der Waals surface area contributed by atoms with E-state index in [9.17, 15) is 9.59 Å². The molecule has 9 heteroatoms. The molecule has 0 saturated carbocycles. The summed E-state index contributed by atoms with van der Waals surface area (Å²) < 4.78 is 2.89. The molecule has 0 radical (unpaired) electrons. The zero-order valence-corrected chi connectivity index (χ0v) is 10.9. The maximum Gasteiger partial charge on any atom is 0.246 e. The van der Waals surface area contributed by atoms with Gasteiger partial charge in [-0.05, 0) is 0 Å². The van der Waals surface area contributed by atoms with Gasteiger partial charge in [0.1, 0.15) is 12.6 Å². The second-order valence-electron chi connectivity index (χ2n) is 4.31. The molecule has 0 aliphatic rings. The lowest BCUT2D eigenvalue weighted by molar-refractivity contribution is -0.119. The molecule has 0 aliphatic heterocycles. The van der Waals surface area contributed by atoms with Gasteiger partial charge in [-0.25, -0.2) is 0 Å². The number of carbonyl (C=O) groups is 2. The van der Waals surface area contributed by atoms with Crippen molar-refractivity contribution in [1.29, 1.82) is 0 Å². The normalized spacial score (nSPS) is 12.1. The van der Waals surface area contributed by atoms with Gasteiger partial charge in [0.15, 0.2) is 0 Å². The Morgan fingerprint density at radius 3 is 2.70 bits per heavy atom. The Morgan fingerprint density at radius 1 is 1.35 bits per heavy atom. The minimum Gasteiger partial charge on any atom is -0.368 e. The van der Waals surface area contributed by atoms with E-state index >= 15 is 0 Å². The molecule has 0 fully saturated rings. The van der Waals surface area contributed by atoms with Crippen LogP contribution in [0, 0.1) is 0 Å². The monoisotopic (exact) mass is 277 g/mol. The summed E-state index contributed by atoms with van der Waals surface area (Å²) in [6.07, 6.45) is 6.11. The van der Waals surface area contributed by atoms with E-state index in [0.717, 1.165) is 0 Å². The third-order valence-electron chi connectivity index (χ3n) is 2.59. The van der Waals surface area contributed by atoms with Gasteiger partial charge in [0, 0.05) is 25.0 Å². The third-order valence-corrected chi connectivity index (χ3v) is 2.59. The quantitative estimate of drug-likeness (QED) is 0.627. The number of rotatable bonds is 5. The number of anilines is 1. The number of nitrogens with two attached hydrogens (primary N) is 2. The SMILES string of the molecule is Cn1cc(C(N)C(=O)Nc2cnn(CC(N)=O)c2)cn1. The van der Waals surface area contributed by atoms with Gasteiger partial charge < -0.3 is 16.8 Å². The number of hydrogen-bond acceptors (Lipinski definition) is 5. The minimum atomic E-state index is -0.830. The number of aryl methyl sites for hydroxylation is 1. The molecule has 0 aromatic carbocycles. The second-order valence-corrected chi connectivity index (χ2v) is 4.31. The van der Waals surface area contributed by atoms with E-state index < -0.39 is 17.9 Å². The molecule has 0 aliphatic carbocycles. The highest BCUT2D eigenvalue weighted by atomic mass is 16.2. The van der Waals surface area contributed by atoms with E-state index in [1.807, 2.05) is 0 Å². The van der Waals surface area contributed by atoms with E-state index in [1.165, 1.54) is 23.3 Å². The number of amides is 2. The molecule has 106 valence electrons. The van der Waals surface area contributed by atoms with Gasteiger partial charge in [0.05, 0.1) is 18.1 Å². The number of carbonyl (C=O) groups excluding carboxylic acids is 2. The average molecular weight is 277 g/mol. The van der Waals surface area contributed by atoms with Crippen LogP contribution < -0.4 is 16.8 Å². The lowest BCUT2D eigenvalue weighted by Crippen LogP contribution is -2.27. The van der Waals surface area contributed by atoms with Gasteiger partial charge in [-0.3, -0.25) is 19.0 Å². The largest absolute Gasteiger partial charge is 0.368 e. The fraction of sp³-hybridized carbons (Fsp3) is 0.273. The summed E-state index contributed by atoms with van der Waals surface area (Å²) in [6, 6.07) is -0.830. The molecule has 2 rings (SSSR count). The van der Waals surface area contributed by atoms with Gasteiger partial charge in [-0.15, -0.1) is 0 Å². The Morgan fingerprint density at radius 2 is 2.10 bits per heavy atom. The maximum atomic E-state index is 12.0. The summed E-state index contributed by atoms with van der Waals surface area (Å²) in [6.45, 7) is -0.0511. The first kappa shape index (κ1) is 13.7. The van der Waals surface area contributed by atoms with Gasteiger partial charge in [0.2, 0.25) is 11.8 Å². The van der Waals surface area contributed by atoms with Crippen molar-refractivity contribution in [2.45, 2.75) is 12.6 Å². The Kier molecular flexibility index (Phi) is 3.80. The molecule has 1 unspecified atom stereocenters. The minimum absolute atomic E-state index is 0.0511. The van der Waals surface area contributed by atoms with Crippen LogP contribution >= 0.6 is 0 Å². The Hall–Kier alpha value is -2.68. The van der Waals surface area contributed by atoms with Crippen LogP contribution in [0.25, 0.3) is 0 Å². The highest BCUT2D eigenvalue weighted by Gasteiger charge is 2.18. The summed E-state index contributed by atoms with van der Waals surface area (Å²) in [5.74, 6) is -0.908. The fourth-order valence-corrected chi connectivity index (χ4v) is 1.65.